The van der Waals surface area contributed by atoms with Crippen LogP contribution in [0.4, 0.5) is 0 Å². The summed E-state index contributed by atoms with van der Waals surface area (Å²) in [6.07, 6.45) is 7.00. The van der Waals surface area contributed by atoms with Gasteiger partial charge in [0.15, 0.2) is 0 Å². The number of amides is 2. The van der Waals surface area contributed by atoms with Gasteiger partial charge in [0.1, 0.15) is 12.3 Å². The molecule has 0 radical (unpaired) electrons. The summed E-state index contributed by atoms with van der Waals surface area (Å²) in [5.74, 6) is -0.311. The molecule has 0 aromatic rings. The Hall–Kier alpha value is -1.39. The lowest BCUT2D eigenvalue weighted by molar-refractivity contribution is -0.131. The van der Waals surface area contributed by atoms with Gasteiger partial charge >= 0.3 is 0 Å². The van der Waals surface area contributed by atoms with Gasteiger partial charge in [-0.2, -0.15) is 0 Å². The monoisotopic (exact) mass is 312 g/mol. The van der Waals surface area contributed by atoms with E-state index >= 15 is 0 Å². The van der Waals surface area contributed by atoms with E-state index in [9.17, 15) is 14.4 Å². The topological polar surface area (TPSA) is 75.3 Å². The first kappa shape index (κ1) is 20.6. The lowest BCUT2D eigenvalue weighted by Gasteiger charge is -2.21. The molecule has 2 N–H and O–H groups in total. The molecule has 5 nitrogen and oxygen atoms in total. The molecule has 0 fully saturated rings. The molecular formula is C17H32N2O3. The third kappa shape index (κ3) is 8.80. The van der Waals surface area contributed by atoms with E-state index in [4.69, 9.17) is 0 Å². The molecule has 0 rings (SSSR count). The zero-order chi connectivity index (χ0) is 16.8. The van der Waals surface area contributed by atoms with Gasteiger partial charge in [0, 0.05) is 18.9 Å². The summed E-state index contributed by atoms with van der Waals surface area (Å²) >= 11 is 0. The van der Waals surface area contributed by atoms with Gasteiger partial charge in [-0.15, -0.1) is 0 Å². The third-order valence-electron chi connectivity index (χ3n) is 3.81. The van der Waals surface area contributed by atoms with Crippen molar-refractivity contribution < 1.29 is 14.4 Å². The summed E-state index contributed by atoms with van der Waals surface area (Å²) in [5, 5.41) is 5.66. The standard InChI is InChI=1S/C17H32N2O3/c1-4-7-10-14(6-3)16(21)19-15(11-9-13-20)17(22)18-12-8-5-2/h13-15H,4-12H2,1-3H3,(H,18,22)(H,19,21). The predicted molar refractivity (Wildman–Crippen MR) is 88.5 cm³/mol. The summed E-state index contributed by atoms with van der Waals surface area (Å²) < 4.78 is 0. The Kier molecular flexibility index (Phi) is 12.4. The molecule has 2 unspecified atom stereocenters. The molecule has 0 aliphatic carbocycles. The zero-order valence-electron chi connectivity index (χ0n) is 14.3. The van der Waals surface area contributed by atoms with E-state index in [1.165, 1.54) is 0 Å². The van der Waals surface area contributed by atoms with Crippen LogP contribution < -0.4 is 10.6 Å². The van der Waals surface area contributed by atoms with Crippen LogP contribution in [0.25, 0.3) is 0 Å². The number of aldehydes is 1. The molecule has 0 heterocycles. The highest BCUT2D eigenvalue weighted by Crippen LogP contribution is 2.13. The second-order valence-electron chi connectivity index (χ2n) is 5.70. The van der Waals surface area contributed by atoms with Crippen LogP contribution in [-0.4, -0.2) is 30.7 Å². The van der Waals surface area contributed by atoms with Gasteiger partial charge in [-0.1, -0.05) is 40.0 Å². The maximum atomic E-state index is 12.3. The molecule has 128 valence electrons. The van der Waals surface area contributed by atoms with Gasteiger partial charge in [-0.05, 0) is 25.7 Å². The van der Waals surface area contributed by atoms with E-state index in [2.05, 4.69) is 24.5 Å². The van der Waals surface area contributed by atoms with Gasteiger partial charge in [0.05, 0.1) is 0 Å². The minimum Gasteiger partial charge on any atom is -0.354 e. The SMILES string of the molecule is CCCCNC(=O)C(CCC=O)NC(=O)C(CC)CCCC. The highest BCUT2D eigenvalue weighted by Gasteiger charge is 2.23. The van der Waals surface area contributed by atoms with Gasteiger partial charge in [-0.3, -0.25) is 9.59 Å². The largest absolute Gasteiger partial charge is 0.354 e. The van der Waals surface area contributed by atoms with E-state index in [1.54, 1.807) is 0 Å². The van der Waals surface area contributed by atoms with E-state index in [0.717, 1.165) is 44.8 Å². The molecule has 2 atom stereocenters. The van der Waals surface area contributed by atoms with Gasteiger partial charge in [0.2, 0.25) is 11.8 Å². The molecule has 0 aromatic heterocycles. The van der Waals surface area contributed by atoms with Gasteiger partial charge in [0.25, 0.3) is 0 Å². The quantitative estimate of drug-likeness (QED) is 0.405. The minimum atomic E-state index is -0.606. The normalized spacial score (nSPS) is 13.2. The molecule has 0 saturated heterocycles. The molecule has 5 heteroatoms. The lowest BCUT2D eigenvalue weighted by Crippen LogP contribution is -2.48. The number of rotatable bonds is 13. The molecule has 0 aromatic carbocycles. The van der Waals surface area contributed by atoms with Crippen LogP contribution in [0.15, 0.2) is 0 Å². The number of carbonyl (C=O) groups excluding carboxylic acids is 3. The first-order chi connectivity index (χ1) is 10.6. The van der Waals surface area contributed by atoms with Crippen molar-refractivity contribution in [3.05, 3.63) is 0 Å². The maximum absolute atomic E-state index is 12.3. The fourth-order valence-corrected chi connectivity index (χ4v) is 2.28. The summed E-state index contributed by atoms with van der Waals surface area (Å²) in [6.45, 7) is 6.74. The van der Waals surface area contributed by atoms with Crippen molar-refractivity contribution >= 4 is 18.1 Å². The van der Waals surface area contributed by atoms with Crippen molar-refractivity contribution in [3.63, 3.8) is 0 Å². The van der Waals surface area contributed by atoms with E-state index in [-0.39, 0.29) is 24.2 Å². The fraction of sp³-hybridized carbons (Fsp3) is 0.824. The van der Waals surface area contributed by atoms with Crippen LogP contribution in [0, 0.1) is 5.92 Å². The fourth-order valence-electron chi connectivity index (χ4n) is 2.28. The van der Waals surface area contributed by atoms with Crippen molar-refractivity contribution in [3.8, 4) is 0 Å². The molecular weight excluding hydrogens is 280 g/mol. The van der Waals surface area contributed by atoms with Crippen molar-refractivity contribution in [2.75, 3.05) is 6.54 Å². The van der Waals surface area contributed by atoms with Gasteiger partial charge < -0.3 is 15.4 Å². The van der Waals surface area contributed by atoms with Crippen LogP contribution in [-0.2, 0) is 14.4 Å². The van der Waals surface area contributed by atoms with Crippen LogP contribution in [0.3, 0.4) is 0 Å². The second-order valence-corrected chi connectivity index (χ2v) is 5.70. The predicted octanol–water partition coefficient (Wildman–Crippen LogP) is 2.58. The van der Waals surface area contributed by atoms with Gasteiger partial charge in [-0.25, -0.2) is 0 Å². The molecule has 0 bridgehead atoms. The number of nitrogens with one attached hydrogen (secondary N) is 2. The van der Waals surface area contributed by atoms with Crippen molar-refractivity contribution in [1.29, 1.82) is 0 Å². The summed E-state index contributed by atoms with van der Waals surface area (Å²) in [7, 11) is 0. The first-order valence-electron chi connectivity index (χ1n) is 8.62. The van der Waals surface area contributed by atoms with Crippen LogP contribution in [0.1, 0.15) is 72.1 Å². The van der Waals surface area contributed by atoms with E-state index in [0.29, 0.717) is 13.0 Å². The lowest BCUT2D eigenvalue weighted by atomic mass is 9.97. The molecule has 0 aliphatic heterocycles. The highest BCUT2D eigenvalue weighted by molar-refractivity contribution is 5.88. The number of hydrogen-bond acceptors (Lipinski definition) is 3. The number of hydrogen-bond donors (Lipinski definition) is 2. The van der Waals surface area contributed by atoms with Crippen LogP contribution in [0.5, 0.6) is 0 Å². The Balaban J connectivity index is 4.56. The highest BCUT2D eigenvalue weighted by atomic mass is 16.2. The van der Waals surface area contributed by atoms with Crippen LogP contribution in [0.2, 0.25) is 0 Å². The summed E-state index contributed by atoms with van der Waals surface area (Å²) in [5.41, 5.74) is 0. The Morgan fingerprint density at radius 3 is 2.23 bits per heavy atom. The van der Waals surface area contributed by atoms with Crippen molar-refractivity contribution in [2.45, 2.75) is 78.2 Å². The second kappa shape index (κ2) is 13.3. The molecule has 0 saturated carbocycles. The Labute approximate surface area is 134 Å². The van der Waals surface area contributed by atoms with E-state index < -0.39 is 6.04 Å². The Morgan fingerprint density at radius 2 is 1.68 bits per heavy atom. The maximum Gasteiger partial charge on any atom is 0.242 e. The van der Waals surface area contributed by atoms with E-state index in [1.807, 2.05) is 6.92 Å². The zero-order valence-corrected chi connectivity index (χ0v) is 14.3. The molecule has 0 spiro atoms. The average Bonchev–Trinajstić information content (AvgIpc) is 2.52. The third-order valence-corrected chi connectivity index (χ3v) is 3.81. The van der Waals surface area contributed by atoms with Crippen molar-refractivity contribution in [1.82, 2.24) is 10.6 Å². The molecule has 0 aliphatic rings. The number of carbonyl (C=O) groups is 3. The smallest absolute Gasteiger partial charge is 0.242 e. The summed E-state index contributed by atoms with van der Waals surface area (Å²) in [6, 6.07) is -0.606. The number of unbranched alkanes of at least 4 members (excludes halogenated alkanes) is 2. The first-order valence-corrected chi connectivity index (χ1v) is 8.62. The molecule has 22 heavy (non-hydrogen) atoms. The van der Waals surface area contributed by atoms with Crippen molar-refractivity contribution in [2.24, 2.45) is 5.92 Å². The molecule has 2 amide bonds. The Morgan fingerprint density at radius 1 is 1.00 bits per heavy atom. The average molecular weight is 312 g/mol. The minimum absolute atomic E-state index is 0.0536. The Bertz CT molecular complexity index is 332. The summed E-state index contributed by atoms with van der Waals surface area (Å²) in [4.78, 5) is 35.0. The van der Waals surface area contributed by atoms with Crippen LogP contribution >= 0.6 is 0 Å².